The minimum atomic E-state index is 0.219. The molecule has 0 saturated carbocycles. The van der Waals surface area contributed by atoms with Gasteiger partial charge in [0.2, 0.25) is 11.8 Å². The molecule has 168 valence electrons. The Morgan fingerprint density at radius 1 is 0.679 bits per heavy atom. The predicted octanol–water partition coefficient (Wildman–Crippen LogP) is 6.24. The zero-order valence-electron chi connectivity index (χ0n) is 19.9. The average Bonchev–Trinajstić information content (AvgIpc) is 2.66. The number of amides is 2. The van der Waals surface area contributed by atoms with Crippen LogP contribution in [0.5, 0.6) is 0 Å². The average molecular weight is 399 g/mol. The number of hydrogen-bond acceptors (Lipinski definition) is 2. The Morgan fingerprint density at radius 2 is 1.29 bits per heavy atom. The van der Waals surface area contributed by atoms with Crippen LogP contribution in [0.15, 0.2) is 0 Å². The van der Waals surface area contributed by atoms with Gasteiger partial charge in [0.1, 0.15) is 0 Å². The molecule has 0 spiro atoms. The molecule has 28 heavy (non-hydrogen) atoms. The van der Waals surface area contributed by atoms with Gasteiger partial charge in [-0.1, -0.05) is 80.1 Å². The van der Waals surface area contributed by atoms with Crippen molar-refractivity contribution >= 4 is 11.8 Å². The van der Waals surface area contributed by atoms with Crippen molar-refractivity contribution in [2.75, 3.05) is 13.1 Å². The molecule has 1 unspecified atom stereocenters. The lowest BCUT2D eigenvalue weighted by atomic mass is 10.0. The van der Waals surface area contributed by atoms with E-state index in [1.165, 1.54) is 32.1 Å². The number of carbonyl (C=O) groups excluding carboxylic acids is 2. The number of unbranched alkanes of at least 4 members (excludes halogenated alkanes) is 3. The predicted molar refractivity (Wildman–Crippen MR) is 122 cm³/mol. The van der Waals surface area contributed by atoms with Crippen molar-refractivity contribution in [2.45, 2.75) is 119 Å². The van der Waals surface area contributed by atoms with Crippen molar-refractivity contribution < 1.29 is 9.59 Å². The Balaban J connectivity index is 0. The van der Waals surface area contributed by atoms with E-state index in [1.807, 2.05) is 0 Å². The van der Waals surface area contributed by atoms with Gasteiger partial charge in [-0.3, -0.25) is 9.59 Å². The minimum Gasteiger partial charge on any atom is -0.356 e. The first-order valence-electron chi connectivity index (χ1n) is 11.9. The van der Waals surface area contributed by atoms with Gasteiger partial charge in [0, 0.05) is 25.9 Å². The highest BCUT2D eigenvalue weighted by molar-refractivity contribution is 5.76. The first-order valence-corrected chi connectivity index (χ1v) is 11.9. The molecule has 0 heterocycles. The molecule has 0 aliphatic rings. The molecule has 1 atom stereocenters. The zero-order valence-corrected chi connectivity index (χ0v) is 19.9. The summed E-state index contributed by atoms with van der Waals surface area (Å²) >= 11 is 0. The SMILES string of the molecule is CCCCNC(=O)CCCC(C)CC.CCCNC(=O)CCCCCC(C)C. The molecule has 0 aromatic heterocycles. The van der Waals surface area contributed by atoms with E-state index >= 15 is 0 Å². The summed E-state index contributed by atoms with van der Waals surface area (Å²) in [6.45, 7) is 14.8. The zero-order chi connectivity index (χ0) is 21.6. The second-order valence-electron chi connectivity index (χ2n) is 8.45. The lowest BCUT2D eigenvalue weighted by Crippen LogP contribution is -2.23. The van der Waals surface area contributed by atoms with Gasteiger partial charge in [-0.2, -0.15) is 0 Å². The van der Waals surface area contributed by atoms with E-state index in [4.69, 9.17) is 0 Å². The monoisotopic (exact) mass is 398 g/mol. The highest BCUT2D eigenvalue weighted by Gasteiger charge is 2.03. The fraction of sp³-hybridized carbons (Fsp3) is 0.917. The molecular formula is C24H50N2O2. The van der Waals surface area contributed by atoms with Gasteiger partial charge < -0.3 is 10.6 Å². The summed E-state index contributed by atoms with van der Waals surface area (Å²) in [5, 5.41) is 5.83. The van der Waals surface area contributed by atoms with Crippen LogP contribution in [-0.4, -0.2) is 24.9 Å². The van der Waals surface area contributed by atoms with E-state index in [0.29, 0.717) is 12.8 Å². The minimum absolute atomic E-state index is 0.219. The van der Waals surface area contributed by atoms with Crippen LogP contribution in [0.4, 0.5) is 0 Å². The van der Waals surface area contributed by atoms with Gasteiger partial charge >= 0.3 is 0 Å². The lowest BCUT2D eigenvalue weighted by molar-refractivity contribution is -0.122. The van der Waals surface area contributed by atoms with Crippen molar-refractivity contribution in [3.05, 3.63) is 0 Å². The molecular weight excluding hydrogens is 348 g/mol. The largest absolute Gasteiger partial charge is 0.356 e. The first kappa shape index (κ1) is 29.1. The quantitative estimate of drug-likeness (QED) is 0.302. The highest BCUT2D eigenvalue weighted by atomic mass is 16.2. The van der Waals surface area contributed by atoms with E-state index in [0.717, 1.165) is 57.0 Å². The fourth-order valence-corrected chi connectivity index (χ4v) is 2.68. The summed E-state index contributed by atoms with van der Waals surface area (Å²) in [5.74, 6) is 2.00. The summed E-state index contributed by atoms with van der Waals surface area (Å²) in [6, 6.07) is 0. The Hall–Kier alpha value is -1.06. The molecule has 0 bridgehead atoms. The molecule has 0 aromatic carbocycles. The van der Waals surface area contributed by atoms with Crippen LogP contribution in [-0.2, 0) is 9.59 Å². The normalized spacial score (nSPS) is 11.5. The Kier molecular flexibility index (Phi) is 23.1. The Bertz CT molecular complexity index is 357. The molecule has 0 rings (SSSR count). The maximum atomic E-state index is 11.3. The van der Waals surface area contributed by atoms with Crippen LogP contribution in [0.1, 0.15) is 119 Å². The van der Waals surface area contributed by atoms with Gasteiger partial charge in [0.15, 0.2) is 0 Å². The molecule has 0 fully saturated rings. The molecule has 0 saturated heterocycles. The molecule has 2 amide bonds. The van der Waals surface area contributed by atoms with Gasteiger partial charge in [-0.05, 0) is 37.5 Å². The third-order valence-electron chi connectivity index (χ3n) is 4.91. The molecule has 0 aliphatic carbocycles. The number of carbonyl (C=O) groups is 2. The van der Waals surface area contributed by atoms with Crippen LogP contribution < -0.4 is 10.6 Å². The maximum Gasteiger partial charge on any atom is 0.219 e. The van der Waals surface area contributed by atoms with Crippen molar-refractivity contribution in [1.82, 2.24) is 10.6 Å². The summed E-state index contributed by atoms with van der Waals surface area (Å²) in [7, 11) is 0. The Morgan fingerprint density at radius 3 is 1.82 bits per heavy atom. The third kappa shape index (κ3) is 24.9. The Labute approximate surface area is 176 Å². The molecule has 0 radical (unpaired) electrons. The van der Waals surface area contributed by atoms with Crippen molar-refractivity contribution in [3.8, 4) is 0 Å². The van der Waals surface area contributed by atoms with Crippen LogP contribution in [0.3, 0.4) is 0 Å². The maximum absolute atomic E-state index is 11.3. The number of nitrogens with one attached hydrogen (secondary N) is 2. The first-order chi connectivity index (χ1) is 13.4. The number of hydrogen-bond donors (Lipinski definition) is 2. The van der Waals surface area contributed by atoms with Crippen molar-refractivity contribution in [1.29, 1.82) is 0 Å². The standard InChI is InChI=1S/2C12H25NO/c1-4-10-13-12(14)9-7-5-6-8-11(2)3;1-4-6-10-13-12(14)9-7-8-11(3)5-2/h2*11H,4-10H2,1-3H3,(H,13,14). The molecule has 4 nitrogen and oxygen atoms in total. The van der Waals surface area contributed by atoms with E-state index in [-0.39, 0.29) is 11.8 Å². The lowest BCUT2D eigenvalue weighted by Gasteiger charge is -2.07. The summed E-state index contributed by atoms with van der Waals surface area (Å²) in [6.07, 6.45) is 12.9. The van der Waals surface area contributed by atoms with Gasteiger partial charge in [0.05, 0.1) is 0 Å². The van der Waals surface area contributed by atoms with Gasteiger partial charge in [0.25, 0.3) is 0 Å². The van der Waals surface area contributed by atoms with Crippen molar-refractivity contribution in [2.24, 2.45) is 11.8 Å². The van der Waals surface area contributed by atoms with E-state index in [2.05, 4.69) is 52.2 Å². The van der Waals surface area contributed by atoms with Crippen LogP contribution in [0.25, 0.3) is 0 Å². The molecule has 0 aliphatic heterocycles. The molecule has 0 aromatic rings. The van der Waals surface area contributed by atoms with Crippen LogP contribution in [0.2, 0.25) is 0 Å². The summed E-state index contributed by atoms with van der Waals surface area (Å²) in [5.41, 5.74) is 0. The third-order valence-corrected chi connectivity index (χ3v) is 4.91. The van der Waals surface area contributed by atoms with Crippen LogP contribution in [0, 0.1) is 11.8 Å². The van der Waals surface area contributed by atoms with E-state index in [9.17, 15) is 9.59 Å². The summed E-state index contributed by atoms with van der Waals surface area (Å²) in [4.78, 5) is 22.5. The topological polar surface area (TPSA) is 58.2 Å². The van der Waals surface area contributed by atoms with Crippen LogP contribution >= 0.6 is 0 Å². The fourth-order valence-electron chi connectivity index (χ4n) is 2.68. The van der Waals surface area contributed by atoms with E-state index in [1.54, 1.807) is 0 Å². The van der Waals surface area contributed by atoms with Gasteiger partial charge in [-0.15, -0.1) is 0 Å². The smallest absolute Gasteiger partial charge is 0.219 e. The number of rotatable bonds is 16. The van der Waals surface area contributed by atoms with Gasteiger partial charge in [-0.25, -0.2) is 0 Å². The second kappa shape index (κ2) is 22.2. The second-order valence-corrected chi connectivity index (χ2v) is 8.45. The van der Waals surface area contributed by atoms with E-state index < -0.39 is 0 Å². The molecule has 2 N–H and O–H groups in total. The molecule has 4 heteroatoms. The highest BCUT2D eigenvalue weighted by Crippen LogP contribution is 2.11. The van der Waals surface area contributed by atoms with Crippen molar-refractivity contribution in [3.63, 3.8) is 0 Å². The summed E-state index contributed by atoms with van der Waals surface area (Å²) < 4.78 is 0.